The molecule has 4 aromatic rings. The molecule has 0 bridgehead atoms. The molecule has 1 aromatic heterocycles. The summed E-state index contributed by atoms with van der Waals surface area (Å²) < 4.78 is 41.8. The van der Waals surface area contributed by atoms with E-state index in [1.807, 2.05) is 73.8 Å². The fraction of sp³-hybridized carbons (Fsp3) is 0.419. The normalized spacial score (nSPS) is 23.9. The molecule has 282 valence electrons. The van der Waals surface area contributed by atoms with Crippen molar-refractivity contribution in [3.8, 4) is 11.6 Å². The molecule has 1 saturated heterocycles. The number of ether oxygens (including phenoxy) is 2. The monoisotopic (exact) mass is 750 g/mol. The Bertz CT molecular complexity index is 2160. The summed E-state index contributed by atoms with van der Waals surface area (Å²) in [6.07, 6.45) is 1.37. The summed E-state index contributed by atoms with van der Waals surface area (Å²) in [7, 11) is -2.91. The van der Waals surface area contributed by atoms with Crippen LogP contribution in [0.4, 0.5) is 4.39 Å². The lowest BCUT2D eigenvalue weighted by atomic mass is 9.56. The molecule has 2 heterocycles. The number of aliphatic hydroxyl groups excluding tert-OH is 1. The van der Waals surface area contributed by atoms with Crippen molar-refractivity contribution in [2.45, 2.75) is 89.9 Å². The molecular weight excluding hydrogens is 704 g/mol. The van der Waals surface area contributed by atoms with Gasteiger partial charge in [0.1, 0.15) is 36.1 Å². The van der Waals surface area contributed by atoms with Crippen LogP contribution < -0.4 is 9.47 Å². The largest absolute Gasteiger partial charge is 0.507 e. The van der Waals surface area contributed by atoms with Gasteiger partial charge in [0.2, 0.25) is 11.6 Å². The number of aliphatic hydroxyl groups is 1. The lowest BCUT2D eigenvalue weighted by Crippen LogP contribution is -2.69. The van der Waals surface area contributed by atoms with Crippen LogP contribution in [0.1, 0.15) is 83.6 Å². The van der Waals surface area contributed by atoms with Gasteiger partial charge in [0.05, 0.1) is 11.6 Å². The van der Waals surface area contributed by atoms with Crippen molar-refractivity contribution in [1.82, 2.24) is 10.1 Å². The number of aryl methyl sites for hydroxylation is 1. The summed E-state index contributed by atoms with van der Waals surface area (Å²) in [5.74, 6) is -2.60. The molecule has 0 radical (unpaired) electrons. The van der Waals surface area contributed by atoms with E-state index < -0.39 is 49.2 Å². The SMILES string of the molecule is Cc1cc(F)c2c(c1OCc1ccccc1)C(O)=C1C(=O)[C@]3(O[Si](C)(C)C(C)(C)C)C(=O)c4c(OCc5ccccc5)noc4[C@@H](N4CCC4)[C@@H]3C[C@@H]1C2. The number of aromatic nitrogens is 1. The first-order chi connectivity index (χ1) is 25.7. The molecule has 0 unspecified atom stereocenters. The van der Waals surface area contributed by atoms with Crippen LogP contribution in [0.3, 0.4) is 0 Å². The van der Waals surface area contributed by atoms with Crippen LogP contribution in [0.15, 0.2) is 76.8 Å². The number of likely N-dealkylation sites (tertiary alicyclic amines) is 1. The zero-order valence-corrected chi connectivity index (χ0v) is 32.7. The van der Waals surface area contributed by atoms with E-state index in [0.717, 1.165) is 30.6 Å². The quantitative estimate of drug-likeness (QED) is 0.133. The van der Waals surface area contributed by atoms with Gasteiger partial charge in [0, 0.05) is 30.1 Å². The summed E-state index contributed by atoms with van der Waals surface area (Å²) in [4.78, 5) is 33.4. The van der Waals surface area contributed by atoms with Crippen LogP contribution in [0, 0.1) is 24.6 Å². The highest BCUT2D eigenvalue weighted by molar-refractivity contribution is 6.74. The molecule has 54 heavy (non-hydrogen) atoms. The zero-order chi connectivity index (χ0) is 38.2. The fourth-order valence-corrected chi connectivity index (χ4v) is 9.90. The second-order valence-corrected chi connectivity index (χ2v) is 21.5. The van der Waals surface area contributed by atoms with Crippen LogP contribution in [0.2, 0.25) is 18.1 Å². The summed E-state index contributed by atoms with van der Waals surface area (Å²) >= 11 is 0. The zero-order valence-electron chi connectivity index (χ0n) is 31.7. The predicted molar refractivity (Wildman–Crippen MR) is 203 cm³/mol. The number of carbonyl (C=O) groups is 2. The third kappa shape index (κ3) is 5.74. The van der Waals surface area contributed by atoms with Gasteiger partial charge in [-0.3, -0.25) is 14.5 Å². The third-order valence-electron chi connectivity index (χ3n) is 12.4. The summed E-state index contributed by atoms with van der Waals surface area (Å²) in [5.41, 5.74) is 0.878. The molecule has 4 atom stereocenters. The van der Waals surface area contributed by atoms with Crippen LogP contribution >= 0.6 is 0 Å². The maximum absolute atomic E-state index is 16.0. The standard InChI is InChI=1S/C43H47FN2O7Si/c1-25-20-31(44)29-21-28-22-30-35(46-18-13-19-46)38-34(41(45-52-38)51-24-27-16-11-8-12-17-27)40(49)43(30,53-54(5,6)42(2,3)4)39(48)32(28)36(47)33(29)37(25)50-23-26-14-9-7-10-15-26/h7-12,14-17,20,28,30,35,47H,13,18-19,21-24H2,1-6H3/t28-,30-,35-,43-/m0/s1. The molecule has 0 amide bonds. The maximum Gasteiger partial charge on any atom is 0.265 e. The second kappa shape index (κ2) is 13.3. The first kappa shape index (κ1) is 36.4. The Hall–Kier alpha value is -4.58. The van der Waals surface area contributed by atoms with Gasteiger partial charge in [-0.25, -0.2) is 4.39 Å². The third-order valence-corrected chi connectivity index (χ3v) is 16.8. The Morgan fingerprint density at radius 1 is 0.963 bits per heavy atom. The molecule has 3 aliphatic carbocycles. The first-order valence-corrected chi connectivity index (χ1v) is 21.8. The number of hydrogen-bond acceptors (Lipinski definition) is 9. The van der Waals surface area contributed by atoms with Gasteiger partial charge in [-0.15, -0.1) is 0 Å². The van der Waals surface area contributed by atoms with E-state index in [-0.39, 0.29) is 59.4 Å². The molecule has 2 fully saturated rings. The van der Waals surface area contributed by atoms with Gasteiger partial charge < -0.3 is 23.5 Å². The van der Waals surface area contributed by atoms with Gasteiger partial charge in [-0.2, -0.15) is 0 Å². The number of ketones is 2. The van der Waals surface area contributed by atoms with E-state index in [1.165, 1.54) is 6.07 Å². The van der Waals surface area contributed by atoms with Gasteiger partial charge in [-0.05, 0) is 78.1 Å². The Morgan fingerprint density at radius 2 is 1.59 bits per heavy atom. The average molecular weight is 751 g/mol. The van der Waals surface area contributed by atoms with Gasteiger partial charge in [0.15, 0.2) is 19.7 Å². The second-order valence-electron chi connectivity index (χ2n) is 16.7. The smallest absolute Gasteiger partial charge is 0.265 e. The minimum absolute atomic E-state index is 0.0115. The molecule has 0 spiro atoms. The van der Waals surface area contributed by atoms with Crippen molar-refractivity contribution in [2.75, 3.05) is 13.1 Å². The fourth-order valence-electron chi connectivity index (χ4n) is 8.45. The molecule has 9 nitrogen and oxygen atoms in total. The number of carbonyl (C=O) groups excluding carboxylic acids is 2. The van der Waals surface area contributed by atoms with Crippen molar-refractivity contribution in [2.24, 2.45) is 11.8 Å². The highest BCUT2D eigenvalue weighted by atomic mass is 28.4. The number of halogens is 1. The number of benzene rings is 3. The van der Waals surface area contributed by atoms with Crippen molar-refractivity contribution in [3.05, 3.63) is 117 Å². The number of fused-ring (bicyclic) bond motifs is 4. The summed E-state index contributed by atoms with van der Waals surface area (Å²) in [5, 5.41) is 16.3. The van der Waals surface area contributed by atoms with Crippen molar-refractivity contribution >= 4 is 25.6 Å². The van der Waals surface area contributed by atoms with E-state index in [0.29, 0.717) is 22.6 Å². The molecular formula is C43H47FN2O7Si. The van der Waals surface area contributed by atoms with E-state index in [1.54, 1.807) is 6.92 Å². The van der Waals surface area contributed by atoms with E-state index in [9.17, 15) is 5.11 Å². The minimum Gasteiger partial charge on any atom is -0.507 e. The first-order valence-electron chi connectivity index (χ1n) is 18.8. The van der Waals surface area contributed by atoms with Crippen molar-refractivity contribution in [3.63, 3.8) is 0 Å². The lowest BCUT2D eigenvalue weighted by Gasteiger charge is -2.56. The van der Waals surface area contributed by atoms with Crippen LogP contribution in [-0.4, -0.2) is 53.7 Å². The highest BCUT2D eigenvalue weighted by Gasteiger charge is 2.69. The molecule has 4 aliphatic rings. The summed E-state index contributed by atoms with van der Waals surface area (Å²) in [6, 6.07) is 20.0. The molecule has 1 N–H and O–H groups in total. The highest BCUT2D eigenvalue weighted by Crippen LogP contribution is 2.60. The Balaban J connectivity index is 1.30. The van der Waals surface area contributed by atoms with E-state index in [4.69, 9.17) is 18.4 Å². The van der Waals surface area contributed by atoms with Crippen LogP contribution in [0.5, 0.6) is 11.6 Å². The average Bonchev–Trinajstić information content (AvgIpc) is 3.53. The van der Waals surface area contributed by atoms with Gasteiger partial charge >= 0.3 is 0 Å². The molecule has 3 aromatic carbocycles. The van der Waals surface area contributed by atoms with Gasteiger partial charge in [0.25, 0.3) is 5.88 Å². The van der Waals surface area contributed by atoms with Crippen LogP contribution in [0.25, 0.3) is 5.76 Å². The van der Waals surface area contributed by atoms with Gasteiger partial charge in [-0.1, -0.05) is 81.4 Å². The number of rotatable bonds is 9. The molecule has 11 heteroatoms. The molecule has 1 saturated carbocycles. The topological polar surface area (TPSA) is 111 Å². The van der Waals surface area contributed by atoms with E-state index in [2.05, 4.69) is 30.8 Å². The Kier molecular flexibility index (Phi) is 8.97. The van der Waals surface area contributed by atoms with Crippen molar-refractivity contribution in [1.29, 1.82) is 0 Å². The minimum atomic E-state index is -2.91. The summed E-state index contributed by atoms with van der Waals surface area (Å²) in [6.45, 7) is 13.8. The Labute approximate surface area is 316 Å². The number of Topliss-reactive ketones (excluding diaryl/α,β-unsaturated/α-hetero) is 2. The maximum atomic E-state index is 16.0. The van der Waals surface area contributed by atoms with Crippen molar-refractivity contribution < 1.29 is 37.5 Å². The lowest BCUT2D eigenvalue weighted by molar-refractivity contribution is -0.142. The van der Waals surface area contributed by atoms with E-state index >= 15 is 14.0 Å². The van der Waals surface area contributed by atoms with Crippen LogP contribution in [-0.2, 0) is 28.9 Å². The Morgan fingerprint density at radius 3 is 2.19 bits per heavy atom. The predicted octanol–water partition coefficient (Wildman–Crippen LogP) is 8.71. The number of nitrogens with zero attached hydrogens (tertiary/aromatic N) is 2. The molecule has 8 rings (SSSR count). The number of hydrogen-bond donors (Lipinski definition) is 1. The molecule has 1 aliphatic heterocycles.